The third-order valence-corrected chi connectivity index (χ3v) is 5.02. The summed E-state index contributed by atoms with van der Waals surface area (Å²) in [5.41, 5.74) is 0. The fraction of sp³-hybridized carbons (Fsp3) is 0.545. The van der Waals surface area contributed by atoms with Crippen LogP contribution in [0.2, 0.25) is 0 Å². The quantitative estimate of drug-likeness (QED) is 0.596. The molecule has 8 heteroatoms. The predicted octanol–water partition coefficient (Wildman–Crippen LogP) is 1.28. The van der Waals surface area contributed by atoms with Crippen LogP contribution in [0.1, 0.15) is 35.4 Å². The third-order valence-electron chi connectivity index (χ3n) is 2.49. The molecule has 0 aliphatic carbocycles. The summed E-state index contributed by atoms with van der Waals surface area (Å²) in [5.74, 6) is -1.24. The minimum Gasteiger partial charge on any atom is -0.477 e. The number of carboxylic acids is 1. The first kappa shape index (κ1) is 16.1. The molecule has 0 radical (unpaired) electrons. The molecule has 0 aromatic carbocycles. The molecule has 1 rings (SSSR count). The summed E-state index contributed by atoms with van der Waals surface area (Å²) in [6.45, 7) is 0.408. The molecule has 0 amide bonds. The minimum absolute atomic E-state index is 0.141. The van der Waals surface area contributed by atoms with E-state index in [-0.39, 0.29) is 22.9 Å². The van der Waals surface area contributed by atoms with E-state index < -0.39 is 16.0 Å². The van der Waals surface area contributed by atoms with Crippen LogP contribution in [-0.2, 0) is 10.0 Å². The smallest absolute Gasteiger partial charge is 0.347 e. The summed E-state index contributed by atoms with van der Waals surface area (Å²) >= 11 is 0.888. The maximum atomic E-state index is 11.9. The van der Waals surface area contributed by atoms with Crippen LogP contribution >= 0.6 is 11.3 Å². The van der Waals surface area contributed by atoms with Crippen molar-refractivity contribution in [2.45, 2.75) is 30.6 Å². The highest BCUT2D eigenvalue weighted by Gasteiger charge is 2.23. The summed E-state index contributed by atoms with van der Waals surface area (Å²) in [4.78, 5) is 10.5. The van der Waals surface area contributed by atoms with E-state index in [4.69, 9.17) is 10.2 Å². The first-order chi connectivity index (χ1) is 8.99. The van der Waals surface area contributed by atoms with Gasteiger partial charge in [-0.2, -0.15) is 0 Å². The molecule has 0 unspecified atom stereocenters. The van der Waals surface area contributed by atoms with E-state index in [0.29, 0.717) is 12.8 Å². The van der Waals surface area contributed by atoms with Gasteiger partial charge in [0.25, 0.3) is 0 Å². The standard InChI is InChI=1S/C11H17NO5S2/c13-7-4-2-1-3-6-12-19(16,17)9-5-8-18-10(9)11(14)15/h5,8,12-13H,1-4,6-7H2,(H,14,15). The number of thiophene rings is 1. The normalized spacial score (nSPS) is 11.6. The number of rotatable bonds is 9. The van der Waals surface area contributed by atoms with Gasteiger partial charge in [-0.25, -0.2) is 17.9 Å². The van der Waals surface area contributed by atoms with Crippen molar-refractivity contribution in [3.8, 4) is 0 Å². The minimum atomic E-state index is -3.76. The second-order valence-electron chi connectivity index (χ2n) is 3.95. The monoisotopic (exact) mass is 307 g/mol. The van der Waals surface area contributed by atoms with Crippen LogP contribution in [0.25, 0.3) is 0 Å². The molecular weight excluding hydrogens is 290 g/mol. The van der Waals surface area contributed by atoms with E-state index in [2.05, 4.69) is 4.72 Å². The van der Waals surface area contributed by atoms with Crippen LogP contribution in [-0.4, -0.2) is 37.8 Å². The number of aliphatic hydroxyl groups excluding tert-OH is 1. The van der Waals surface area contributed by atoms with Crippen molar-refractivity contribution in [3.05, 3.63) is 16.3 Å². The highest BCUT2D eigenvalue weighted by Crippen LogP contribution is 2.21. The molecule has 0 atom stereocenters. The molecule has 0 bridgehead atoms. The van der Waals surface area contributed by atoms with Gasteiger partial charge < -0.3 is 10.2 Å². The van der Waals surface area contributed by atoms with Crippen LogP contribution in [0, 0.1) is 0 Å². The van der Waals surface area contributed by atoms with Gasteiger partial charge in [0, 0.05) is 13.2 Å². The van der Waals surface area contributed by atoms with Crippen molar-refractivity contribution in [2.75, 3.05) is 13.2 Å². The Bertz CT molecular complexity index is 509. The zero-order valence-electron chi connectivity index (χ0n) is 10.3. The number of unbranched alkanes of at least 4 members (excludes halogenated alkanes) is 3. The summed E-state index contributed by atoms with van der Waals surface area (Å²) in [6, 6.07) is 1.29. The van der Waals surface area contributed by atoms with Crippen molar-refractivity contribution < 1.29 is 23.4 Å². The largest absolute Gasteiger partial charge is 0.477 e. The van der Waals surface area contributed by atoms with Crippen molar-refractivity contribution in [3.63, 3.8) is 0 Å². The first-order valence-electron chi connectivity index (χ1n) is 5.90. The van der Waals surface area contributed by atoms with Crippen LogP contribution in [0.5, 0.6) is 0 Å². The van der Waals surface area contributed by atoms with E-state index in [9.17, 15) is 13.2 Å². The number of sulfonamides is 1. The maximum Gasteiger partial charge on any atom is 0.347 e. The number of carbonyl (C=O) groups is 1. The van der Waals surface area contributed by atoms with Crippen molar-refractivity contribution in [1.29, 1.82) is 0 Å². The highest BCUT2D eigenvalue weighted by atomic mass is 32.2. The predicted molar refractivity (Wildman–Crippen MR) is 72.0 cm³/mol. The summed E-state index contributed by atoms with van der Waals surface area (Å²) in [6.07, 6.45) is 3.03. The molecule has 0 aliphatic heterocycles. The summed E-state index contributed by atoms with van der Waals surface area (Å²) in [5, 5.41) is 18.9. The van der Waals surface area contributed by atoms with E-state index in [0.717, 1.165) is 24.2 Å². The lowest BCUT2D eigenvalue weighted by atomic mass is 10.2. The Morgan fingerprint density at radius 1 is 1.26 bits per heavy atom. The van der Waals surface area contributed by atoms with Gasteiger partial charge in [-0.15, -0.1) is 11.3 Å². The van der Waals surface area contributed by atoms with Gasteiger partial charge >= 0.3 is 5.97 Å². The number of hydrogen-bond acceptors (Lipinski definition) is 5. The van der Waals surface area contributed by atoms with E-state index in [1.54, 1.807) is 0 Å². The lowest BCUT2D eigenvalue weighted by molar-refractivity contribution is 0.0698. The van der Waals surface area contributed by atoms with Gasteiger partial charge in [0.05, 0.1) is 0 Å². The molecule has 19 heavy (non-hydrogen) atoms. The number of aliphatic hydroxyl groups is 1. The highest BCUT2D eigenvalue weighted by molar-refractivity contribution is 7.89. The Balaban J connectivity index is 2.52. The molecule has 0 saturated heterocycles. The molecule has 6 nitrogen and oxygen atoms in total. The molecule has 0 saturated carbocycles. The summed E-state index contributed by atoms with van der Waals surface area (Å²) < 4.78 is 26.2. The molecule has 1 aromatic heterocycles. The molecule has 0 aliphatic rings. The van der Waals surface area contributed by atoms with Crippen molar-refractivity contribution >= 4 is 27.3 Å². The third kappa shape index (κ3) is 4.90. The molecule has 0 spiro atoms. The molecule has 108 valence electrons. The van der Waals surface area contributed by atoms with Gasteiger partial charge in [-0.05, 0) is 24.3 Å². The van der Waals surface area contributed by atoms with Gasteiger partial charge in [0.1, 0.15) is 9.77 Å². The molecular formula is C11H17NO5S2. The number of carboxylic acid groups (broad SMARTS) is 1. The zero-order valence-corrected chi connectivity index (χ0v) is 12.0. The van der Waals surface area contributed by atoms with Crippen LogP contribution in [0.4, 0.5) is 0 Å². The van der Waals surface area contributed by atoms with Gasteiger partial charge in [0.15, 0.2) is 0 Å². The number of nitrogens with one attached hydrogen (secondary N) is 1. The molecule has 1 aromatic rings. The molecule has 0 fully saturated rings. The SMILES string of the molecule is O=C(O)c1sccc1S(=O)(=O)NCCCCCCO. The van der Waals surface area contributed by atoms with Gasteiger partial charge in [0.2, 0.25) is 10.0 Å². The van der Waals surface area contributed by atoms with Crippen LogP contribution in [0.15, 0.2) is 16.3 Å². The average Bonchev–Trinajstić information content (AvgIpc) is 2.83. The fourth-order valence-corrected chi connectivity index (χ4v) is 3.87. The topological polar surface area (TPSA) is 104 Å². The average molecular weight is 307 g/mol. The molecule has 1 heterocycles. The van der Waals surface area contributed by atoms with E-state index in [1.165, 1.54) is 11.4 Å². The zero-order chi connectivity index (χ0) is 14.3. The van der Waals surface area contributed by atoms with Crippen molar-refractivity contribution in [1.82, 2.24) is 4.72 Å². The molecule has 3 N–H and O–H groups in total. The number of hydrogen-bond donors (Lipinski definition) is 3. The van der Waals surface area contributed by atoms with E-state index in [1.807, 2.05) is 0 Å². The van der Waals surface area contributed by atoms with Gasteiger partial charge in [-0.1, -0.05) is 12.8 Å². The van der Waals surface area contributed by atoms with Crippen molar-refractivity contribution in [2.24, 2.45) is 0 Å². The van der Waals surface area contributed by atoms with Gasteiger partial charge in [-0.3, -0.25) is 0 Å². The Labute approximate surface area is 116 Å². The van der Waals surface area contributed by atoms with Crippen LogP contribution in [0.3, 0.4) is 0 Å². The summed E-state index contributed by atoms with van der Waals surface area (Å²) in [7, 11) is -3.76. The second kappa shape index (κ2) is 7.59. The van der Waals surface area contributed by atoms with E-state index >= 15 is 0 Å². The van der Waals surface area contributed by atoms with Crippen LogP contribution < -0.4 is 4.72 Å². The lowest BCUT2D eigenvalue weighted by Crippen LogP contribution is -2.25. The second-order valence-corrected chi connectivity index (χ2v) is 6.61. The fourth-order valence-electron chi connectivity index (χ4n) is 1.54. The Morgan fingerprint density at radius 2 is 1.95 bits per heavy atom. The lowest BCUT2D eigenvalue weighted by Gasteiger charge is -2.06. The first-order valence-corrected chi connectivity index (χ1v) is 8.26. The Morgan fingerprint density at radius 3 is 2.58 bits per heavy atom. The Kier molecular flexibility index (Phi) is 6.43. The Hall–Kier alpha value is -0.960. The maximum absolute atomic E-state index is 11.9. The number of aromatic carboxylic acids is 1.